The lowest BCUT2D eigenvalue weighted by atomic mass is 10.0. The Kier molecular flexibility index (Phi) is 5.62. The minimum Gasteiger partial charge on any atom is -0.348 e. The van der Waals surface area contributed by atoms with Gasteiger partial charge in [-0.25, -0.2) is 4.79 Å². The average molecular weight is 424 g/mol. The SMILES string of the molecule is CC[C@@H](NC(=O)Cn1c(Cl)nc2c1c(=O)n(C)c(=O)n2C)c1ccc(Cl)cc1. The van der Waals surface area contributed by atoms with Crippen LogP contribution in [0.25, 0.3) is 11.2 Å². The third-order valence-corrected chi connectivity index (χ3v) is 5.16. The van der Waals surface area contributed by atoms with Crippen LogP contribution in [0.1, 0.15) is 24.9 Å². The Morgan fingerprint density at radius 3 is 2.39 bits per heavy atom. The number of nitrogens with zero attached hydrogens (tertiary/aromatic N) is 4. The van der Waals surface area contributed by atoms with Crippen LogP contribution in [0.3, 0.4) is 0 Å². The molecule has 1 N–H and O–H groups in total. The highest BCUT2D eigenvalue weighted by atomic mass is 35.5. The fourth-order valence-electron chi connectivity index (χ4n) is 3.06. The second kappa shape index (κ2) is 7.81. The van der Waals surface area contributed by atoms with Gasteiger partial charge in [-0.05, 0) is 35.7 Å². The van der Waals surface area contributed by atoms with Crippen molar-refractivity contribution in [3.63, 3.8) is 0 Å². The van der Waals surface area contributed by atoms with Gasteiger partial charge >= 0.3 is 5.69 Å². The molecule has 2 heterocycles. The largest absolute Gasteiger partial charge is 0.348 e. The quantitative estimate of drug-likeness (QED) is 0.635. The molecule has 1 aromatic carbocycles. The van der Waals surface area contributed by atoms with Gasteiger partial charge in [0.15, 0.2) is 11.2 Å². The first kappa shape index (κ1) is 20.2. The Morgan fingerprint density at radius 2 is 1.79 bits per heavy atom. The maximum Gasteiger partial charge on any atom is 0.332 e. The highest BCUT2D eigenvalue weighted by Crippen LogP contribution is 2.20. The minimum absolute atomic E-state index is 0.0389. The van der Waals surface area contributed by atoms with Gasteiger partial charge in [-0.3, -0.25) is 23.3 Å². The van der Waals surface area contributed by atoms with Gasteiger partial charge in [-0.2, -0.15) is 4.98 Å². The Hall–Kier alpha value is -2.58. The van der Waals surface area contributed by atoms with Gasteiger partial charge < -0.3 is 5.32 Å². The molecule has 0 saturated carbocycles. The van der Waals surface area contributed by atoms with Crippen molar-refractivity contribution in [1.82, 2.24) is 24.0 Å². The van der Waals surface area contributed by atoms with Crippen LogP contribution in [0.4, 0.5) is 0 Å². The van der Waals surface area contributed by atoms with Crippen LogP contribution in [0, 0.1) is 0 Å². The number of rotatable bonds is 5. The van der Waals surface area contributed by atoms with E-state index in [9.17, 15) is 14.4 Å². The van der Waals surface area contributed by atoms with E-state index in [1.165, 1.54) is 23.2 Å². The molecule has 0 unspecified atom stereocenters. The van der Waals surface area contributed by atoms with Gasteiger partial charge in [-0.15, -0.1) is 0 Å². The summed E-state index contributed by atoms with van der Waals surface area (Å²) < 4.78 is 3.49. The van der Waals surface area contributed by atoms with E-state index in [2.05, 4.69) is 10.3 Å². The molecule has 28 heavy (non-hydrogen) atoms. The fraction of sp³-hybridized carbons (Fsp3) is 0.333. The van der Waals surface area contributed by atoms with E-state index >= 15 is 0 Å². The van der Waals surface area contributed by atoms with E-state index in [4.69, 9.17) is 23.2 Å². The number of carbonyl (C=O) groups is 1. The number of aromatic nitrogens is 4. The first-order valence-electron chi connectivity index (χ1n) is 8.61. The topological polar surface area (TPSA) is 90.9 Å². The fourth-order valence-corrected chi connectivity index (χ4v) is 3.41. The van der Waals surface area contributed by atoms with Crippen molar-refractivity contribution in [2.45, 2.75) is 25.9 Å². The summed E-state index contributed by atoms with van der Waals surface area (Å²) in [6.07, 6.45) is 0.669. The van der Waals surface area contributed by atoms with Crippen LogP contribution < -0.4 is 16.6 Å². The van der Waals surface area contributed by atoms with Crippen LogP contribution in [-0.4, -0.2) is 24.6 Å². The third kappa shape index (κ3) is 3.57. The first-order valence-corrected chi connectivity index (χ1v) is 9.36. The second-order valence-corrected chi connectivity index (χ2v) is 7.20. The van der Waals surface area contributed by atoms with Crippen molar-refractivity contribution in [3.8, 4) is 0 Å². The van der Waals surface area contributed by atoms with Crippen LogP contribution in [0.2, 0.25) is 10.3 Å². The summed E-state index contributed by atoms with van der Waals surface area (Å²) in [4.78, 5) is 41.3. The predicted molar refractivity (Wildman–Crippen MR) is 108 cm³/mol. The number of hydrogen-bond donors (Lipinski definition) is 1. The van der Waals surface area contributed by atoms with E-state index in [1.54, 1.807) is 12.1 Å². The van der Waals surface area contributed by atoms with Gasteiger partial charge in [0, 0.05) is 19.1 Å². The zero-order valence-corrected chi connectivity index (χ0v) is 17.1. The molecule has 0 spiro atoms. The Balaban J connectivity index is 1.93. The molecule has 0 radical (unpaired) electrons. The van der Waals surface area contributed by atoms with Crippen molar-refractivity contribution in [3.05, 3.63) is 61.0 Å². The molecule has 10 heteroatoms. The van der Waals surface area contributed by atoms with Crippen LogP contribution in [0.15, 0.2) is 33.9 Å². The molecule has 1 amide bonds. The summed E-state index contributed by atoms with van der Waals surface area (Å²) in [6.45, 7) is 1.75. The van der Waals surface area contributed by atoms with Crippen LogP contribution in [-0.2, 0) is 25.4 Å². The molecule has 148 valence electrons. The summed E-state index contributed by atoms with van der Waals surface area (Å²) in [7, 11) is 2.86. The van der Waals surface area contributed by atoms with Crippen LogP contribution in [0.5, 0.6) is 0 Å². The third-order valence-electron chi connectivity index (χ3n) is 4.62. The lowest BCUT2D eigenvalue weighted by Crippen LogP contribution is -2.38. The smallest absolute Gasteiger partial charge is 0.332 e. The zero-order chi connectivity index (χ0) is 20.6. The molecular formula is C18H19Cl2N5O3. The predicted octanol–water partition coefficient (Wildman–Crippen LogP) is 2.01. The molecule has 0 saturated heterocycles. The normalized spacial score (nSPS) is 12.3. The molecular weight excluding hydrogens is 405 g/mol. The van der Waals surface area contributed by atoms with E-state index in [-0.39, 0.29) is 34.9 Å². The van der Waals surface area contributed by atoms with Gasteiger partial charge in [0.2, 0.25) is 11.2 Å². The Morgan fingerprint density at radius 1 is 1.14 bits per heavy atom. The number of aryl methyl sites for hydroxylation is 1. The molecule has 3 rings (SSSR count). The van der Waals surface area contributed by atoms with Crippen molar-refractivity contribution in [2.24, 2.45) is 14.1 Å². The number of fused-ring (bicyclic) bond motifs is 1. The minimum atomic E-state index is -0.560. The van der Waals surface area contributed by atoms with E-state index < -0.39 is 11.2 Å². The van der Waals surface area contributed by atoms with Crippen molar-refractivity contribution >= 4 is 40.3 Å². The lowest BCUT2D eigenvalue weighted by Gasteiger charge is -2.18. The Bertz CT molecular complexity index is 1160. The lowest BCUT2D eigenvalue weighted by molar-refractivity contribution is -0.122. The van der Waals surface area contributed by atoms with Crippen molar-refractivity contribution < 1.29 is 4.79 Å². The number of halogens is 2. The zero-order valence-electron chi connectivity index (χ0n) is 15.6. The average Bonchev–Trinajstić information content (AvgIpc) is 3.00. The number of nitrogens with one attached hydrogen (secondary N) is 1. The second-order valence-electron chi connectivity index (χ2n) is 6.42. The summed E-state index contributed by atoms with van der Waals surface area (Å²) in [5.41, 5.74) is 0.0761. The van der Waals surface area contributed by atoms with Gasteiger partial charge in [0.05, 0.1) is 6.04 Å². The molecule has 0 aliphatic rings. The molecule has 0 fully saturated rings. The van der Waals surface area contributed by atoms with Crippen molar-refractivity contribution in [2.75, 3.05) is 0 Å². The van der Waals surface area contributed by atoms with E-state index in [0.717, 1.165) is 10.1 Å². The monoisotopic (exact) mass is 423 g/mol. The molecule has 8 nitrogen and oxygen atoms in total. The molecule has 0 bridgehead atoms. The van der Waals surface area contributed by atoms with Gasteiger partial charge in [0.1, 0.15) is 6.54 Å². The standard InChI is InChI=1S/C18H19Cl2N5O3/c1-4-12(10-5-7-11(19)8-6-10)21-13(26)9-25-14-15(22-17(25)20)23(2)18(28)24(3)16(14)27/h5-8,12H,4,9H2,1-3H3,(H,21,26)/t12-/m1/s1. The van der Waals surface area contributed by atoms with Gasteiger partial charge in [-0.1, -0.05) is 30.7 Å². The summed E-state index contributed by atoms with van der Waals surface area (Å²) in [5, 5.41) is 3.50. The number of amides is 1. The summed E-state index contributed by atoms with van der Waals surface area (Å²) in [5.74, 6) is -0.334. The molecule has 0 aliphatic carbocycles. The summed E-state index contributed by atoms with van der Waals surface area (Å²) >= 11 is 12.1. The maximum atomic E-state index is 12.6. The first-order chi connectivity index (χ1) is 13.2. The van der Waals surface area contributed by atoms with E-state index in [1.807, 2.05) is 19.1 Å². The molecule has 1 atom stereocenters. The Labute approximate surface area is 170 Å². The molecule has 0 aliphatic heterocycles. The highest BCUT2D eigenvalue weighted by molar-refractivity contribution is 6.30. The number of carbonyl (C=O) groups excluding carboxylic acids is 1. The highest BCUT2D eigenvalue weighted by Gasteiger charge is 2.21. The van der Waals surface area contributed by atoms with Gasteiger partial charge in [0.25, 0.3) is 5.56 Å². The molecule has 3 aromatic rings. The van der Waals surface area contributed by atoms with Crippen LogP contribution >= 0.6 is 23.2 Å². The number of hydrogen-bond acceptors (Lipinski definition) is 4. The summed E-state index contributed by atoms with van der Waals surface area (Å²) in [6, 6.07) is 7.00. The number of benzene rings is 1. The van der Waals surface area contributed by atoms with E-state index in [0.29, 0.717) is 11.4 Å². The van der Waals surface area contributed by atoms with Crippen molar-refractivity contribution in [1.29, 1.82) is 0 Å². The molecule has 2 aromatic heterocycles. The maximum absolute atomic E-state index is 12.6. The number of imidazole rings is 1.